The summed E-state index contributed by atoms with van der Waals surface area (Å²) >= 11 is 0. The highest BCUT2D eigenvalue weighted by atomic mass is 16.4. The van der Waals surface area contributed by atoms with Gasteiger partial charge in [0.2, 0.25) is 5.91 Å². The number of carboxylic acid groups (broad SMARTS) is 1. The number of carboxylic acids is 1. The molecule has 20 heavy (non-hydrogen) atoms. The van der Waals surface area contributed by atoms with Gasteiger partial charge in [-0.15, -0.1) is 0 Å². The number of hydrogen-bond donors (Lipinski definition) is 2. The summed E-state index contributed by atoms with van der Waals surface area (Å²) < 4.78 is 0. The van der Waals surface area contributed by atoms with Gasteiger partial charge in [0.15, 0.2) is 0 Å². The minimum Gasteiger partial charge on any atom is -0.478 e. The van der Waals surface area contributed by atoms with Gasteiger partial charge in [-0.05, 0) is 49.9 Å². The molecule has 1 amide bonds. The van der Waals surface area contributed by atoms with E-state index < -0.39 is 5.97 Å². The Kier molecular flexibility index (Phi) is 4.12. The van der Waals surface area contributed by atoms with E-state index >= 15 is 0 Å². The lowest BCUT2D eigenvalue weighted by molar-refractivity contribution is -0.125. The Bertz CT molecular complexity index is 531. The minimum absolute atomic E-state index is 0.0728. The normalized spacial score (nSPS) is 16.9. The number of aryl methyl sites for hydroxylation is 1. The van der Waals surface area contributed by atoms with E-state index in [0.29, 0.717) is 5.69 Å². The van der Waals surface area contributed by atoms with E-state index in [0.717, 1.165) is 37.7 Å². The van der Waals surface area contributed by atoms with Crippen molar-refractivity contribution in [2.24, 2.45) is 5.41 Å². The number of rotatable bonds is 4. The molecule has 108 valence electrons. The van der Waals surface area contributed by atoms with Crippen molar-refractivity contribution in [3.8, 4) is 0 Å². The lowest BCUT2D eigenvalue weighted by atomic mass is 9.82. The Morgan fingerprint density at radius 1 is 1.30 bits per heavy atom. The van der Waals surface area contributed by atoms with E-state index in [1.807, 2.05) is 6.92 Å². The molecule has 4 heteroatoms. The van der Waals surface area contributed by atoms with Crippen molar-refractivity contribution in [1.29, 1.82) is 0 Å². The maximum absolute atomic E-state index is 12.5. The van der Waals surface area contributed by atoms with Crippen molar-refractivity contribution in [2.45, 2.75) is 46.0 Å². The summed E-state index contributed by atoms with van der Waals surface area (Å²) in [5.74, 6) is -0.879. The number of carbonyl (C=O) groups is 2. The maximum atomic E-state index is 12.5. The van der Waals surface area contributed by atoms with Gasteiger partial charge in [-0.1, -0.05) is 19.8 Å². The second-order valence-electron chi connectivity index (χ2n) is 5.63. The van der Waals surface area contributed by atoms with Crippen LogP contribution in [0.4, 0.5) is 5.69 Å². The third-order valence-corrected chi connectivity index (χ3v) is 4.44. The molecule has 0 spiro atoms. The van der Waals surface area contributed by atoms with Gasteiger partial charge in [0.05, 0.1) is 5.56 Å². The van der Waals surface area contributed by atoms with Crippen LogP contribution in [0, 0.1) is 12.3 Å². The number of nitrogens with one attached hydrogen (secondary N) is 1. The summed E-state index contributed by atoms with van der Waals surface area (Å²) in [5.41, 5.74) is 1.49. The first-order valence-electron chi connectivity index (χ1n) is 7.14. The Labute approximate surface area is 119 Å². The van der Waals surface area contributed by atoms with Crippen LogP contribution in [0.1, 0.15) is 54.9 Å². The van der Waals surface area contributed by atoms with E-state index in [2.05, 4.69) is 12.2 Å². The highest BCUT2D eigenvalue weighted by Crippen LogP contribution is 2.42. The van der Waals surface area contributed by atoms with E-state index in [1.165, 1.54) is 6.07 Å². The summed E-state index contributed by atoms with van der Waals surface area (Å²) in [4.78, 5) is 23.4. The zero-order valence-corrected chi connectivity index (χ0v) is 12.0. The zero-order chi connectivity index (χ0) is 14.8. The molecule has 0 unspecified atom stereocenters. The molecule has 0 atom stereocenters. The largest absolute Gasteiger partial charge is 0.478 e. The molecule has 1 aliphatic carbocycles. The molecule has 2 rings (SSSR count). The lowest BCUT2D eigenvalue weighted by Crippen LogP contribution is -2.33. The standard InChI is InChI=1S/C16H21NO3/c1-3-16(8-4-5-9-16)15(20)17-13-7-6-12(14(18)19)10-11(13)2/h6-7,10H,3-5,8-9H2,1-2H3,(H,17,20)(H,18,19). The summed E-state index contributed by atoms with van der Waals surface area (Å²) in [6.07, 6.45) is 4.96. The van der Waals surface area contributed by atoms with Gasteiger partial charge in [-0.25, -0.2) is 4.79 Å². The van der Waals surface area contributed by atoms with E-state index in [4.69, 9.17) is 5.11 Å². The zero-order valence-electron chi connectivity index (χ0n) is 12.0. The van der Waals surface area contributed by atoms with Gasteiger partial charge < -0.3 is 10.4 Å². The predicted octanol–water partition coefficient (Wildman–Crippen LogP) is 3.60. The fourth-order valence-electron chi connectivity index (χ4n) is 2.98. The predicted molar refractivity (Wildman–Crippen MR) is 78.0 cm³/mol. The Morgan fingerprint density at radius 3 is 2.45 bits per heavy atom. The number of benzene rings is 1. The summed E-state index contributed by atoms with van der Waals surface area (Å²) in [6.45, 7) is 3.88. The Hall–Kier alpha value is -1.84. The van der Waals surface area contributed by atoms with E-state index in [1.54, 1.807) is 12.1 Å². The van der Waals surface area contributed by atoms with Crippen molar-refractivity contribution in [3.05, 3.63) is 29.3 Å². The number of anilines is 1. The van der Waals surface area contributed by atoms with Crippen LogP contribution >= 0.6 is 0 Å². The number of amides is 1. The molecule has 0 bridgehead atoms. The monoisotopic (exact) mass is 275 g/mol. The van der Waals surface area contributed by atoms with Crippen LogP contribution in [0.2, 0.25) is 0 Å². The van der Waals surface area contributed by atoms with Crippen molar-refractivity contribution in [3.63, 3.8) is 0 Å². The third-order valence-electron chi connectivity index (χ3n) is 4.44. The molecule has 1 aromatic rings. The fourth-order valence-corrected chi connectivity index (χ4v) is 2.98. The van der Waals surface area contributed by atoms with Crippen LogP contribution in [0.25, 0.3) is 0 Å². The average molecular weight is 275 g/mol. The first-order valence-corrected chi connectivity index (χ1v) is 7.14. The molecule has 4 nitrogen and oxygen atoms in total. The molecule has 0 radical (unpaired) electrons. The molecule has 0 aliphatic heterocycles. The smallest absolute Gasteiger partial charge is 0.335 e. The topological polar surface area (TPSA) is 66.4 Å². The average Bonchev–Trinajstić information content (AvgIpc) is 2.90. The van der Waals surface area contributed by atoms with Crippen LogP contribution in [0.15, 0.2) is 18.2 Å². The van der Waals surface area contributed by atoms with Gasteiger partial charge >= 0.3 is 5.97 Å². The summed E-state index contributed by atoms with van der Waals surface area (Å²) in [6, 6.07) is 4.79. The van der Waals surface area contributed by atoms with Gasteiger partial charge in [-0.3, -0.25) is 4.79 Å². The minimum atomic E-state index is -0.952. The molecule has 1 aliphatic rings. The molecule has 1 aromatic carbocycles. The Morgan fingerprint density at radius 2 is 1.95 bits per heavy atom. The van der Waals surface area contributed by atoms with Crippen LogP contribution in [0.3, 0.4) is 0 Å². The first-order chi connectivity index (χ1) is 9.48. The van der Waals surface area contributed by atoms with Crippen LogP contribution in [-0.4, -0.2) is 17.0 Å². The van der Waals surface area contributed by atoms with Crippen molar-refractivity contribution < 1.29 is 14.7 Å². The SMILES string of the molecule is CCC1(C(=O)Nc2ccc(C(=O)O)cc2C)CCCC1. The second kappa shape index (κ2) is 5.65. The molecular weight excluding hydrogens is 254 g/mol. The molecule has 0 aromatic heterocycles. The highest BCUT2D eigenvalue weighted by Gasteiger charge is 2.39. The number of hydrogen-bond acceptors (Lipinski definition) is 2. The fraction of sp³-hybridized carbons (Fsp3) is 0.500. The van der Waals surface area contributed by atoms with Gasteiger partial charge in [0.1, 0.15) is 0 Å². The van der Waals surface area contributed by atoms with Crippen LogP contribution in [-0.2, 0) is 4.79 Å². The highest BCUT2D eigenvalue weighted by molar-refractivity contribution is 5.97. The van der Waals surface area contributed by atoms with Crippen molar-refractivity contribution in [2.75, 3.05) is 5.32 Å². The molecule has 1 saturated carbocycles. The molecular formula is C16H21NO3. The quantitative estimate of drug-likeness (QED) is 0.882. The van der Waals surface area contributed by atoms with Gasteiger partial charge in [-0.2, -0.15) is 0 Å². The van der Waals surface area contributed by atoms with Crippen LogP contribution < -0.4 is 5.32 Å². The number of aromatic carboxylic acids is 1. The second-order valence-corrected chi connectivity index (χ2v) is 5.63. The first kappa shape index (κ1) is 14.6. The molecule has 0 heterocycles. The van der Waals surface area contributed by atoms with E-state index in [9.17, 15) is 9.59 Å². The molecule has 1 fully saturated rings. The summed E-state index contributed by atoms with van der Waals surface area (Å²) in [5, 5.41) is 11.9. The van der Waals surface area contributed by atoms with Gasteiger partial charge in [0.25, 0.3) is 0 Å². The maximum Gasteiger partial charge on any atom is 0.335 e. The Balaban J connectivity index is 2.17. The molecule has 2 N–H and O–H groups in total. The van der Waals surface area contributed by atoms with E-state index in [-0.39, 0.29) is 16.9 Å². The lowest BCUT2D eigenvalue weighted by Gasteiger charge is -2.26. The van der Waals surface area contributed by atoms with Crippen molar-refractivity contribution in [1.82, 2.24) is 0 Å². The van der Waals surface area contributed by atoms with Gasteiger partial charge in [0, 0.05) is 11.1 Å². The number of carbonyl (C=O) groups excluding carboxylic acids is 1. The molecule has 0 saturated heterocycles. The van der Waals surface area contributed by atoms with Crippen LogP contribution in [0.5, 0.6) is 0 Å². The third kappa shape index (κ3) is 2.69. The van der Waals surface area contributed by atoms with Crippen molar-refractivity contribution >= 4 is 17.6 Å². The summed E-state index contributed by atoms with van der Waals surface area (Å²) in [7, 11) is 0.